The lowest BCUT2D eigenvalue weighted by atomic mass is 10.1. The quantitative estimate of drug-likeness (QED) is 0.877. The van der Waals surface area contributed by atoms with Gasteiger partial charge in [0, 0.05) is 4.47 Å². The van der Waals surface area contributed by atoms with Crippen LogP contribution in [0.1, 0.15) is 31.7 Å². The Kier molecular flexibility index (Phi) is 5.65. The van der Waals surface area contributed by atoms with E-state index in [1.54, 1.807) is 0 Å². The molecule has 0 spiro atoms. The van der Waals surface area contributed by atoms with E-state index in [1.807, 2.05) is 25.1 Å². The number of nitrogens with one attached hydrogen (secondary N) is 1. The molecule has 0 aromatic heterocycles. The molecule has 1 amide bonds. The molecule has 0 aliphatic carbocycles. The SMILES string of the molecule is CCCCC(N)C(=O)Nc1ccc(C)cc1Br. The largest absolute Gasteiger partial charge is 0.324 e. The lowest BCUT2D eigenvalue weighted by Crippen LogP contribution is -2.35. The fourth-order valence-corrected chi connectivity index (χ4v) is 2.09. The molecule has 0 saturated carbocycles. The minimum absolute atomic E-state index is 0.122. The van der Waals surface area contributed by atoms with Crippen LogP contribution < -0.4 is 11.1 Å². The highest BCUT2D eigenvalue weighted by Gasteiger charge is 2.13. The average Bonchev–Trinajstić information content (AvgIpc) is 2.29. The van der Waals surface area contributed by atoms with Gasteiger partial charge in [0.2, 0.25) is 5.91 Å². The third kappa shape index (κ3) is 4.48. The summed E-state index contributed by atoms with van der Waals surface area (Å²) in [5, 5.41) is 2.84. The summed E-state index contributed by atoms with van der Waals surface area (Å²) in [5.41, 5.74) is 7.72. The number of carbonyl (C=O) groups excluding carboxylic acids is 1. The molecule has 0 radical (unpaired) electrons. The minimum atomic E-state index is -0.428. The van der Waals surface area contributed by atoms with Crippen LogP contribution in [0.3, 0.4) is 0 Å². The number of halogens is 1. The molecule has 3 nitrogen and oxygen atoms in total. The number of hydrogen-bond donors (Lipinski definition) is 2. The van der Waals surface area contributed by atoms with Gasteiger partial charge in [-0.25, -0.2) is 0 Å². The molecule has 94 valence electrons. The second kappa shape index (κ2) is 6.77. The first kappa shape index (κ1) is 14.2. The molecular formula is C13H19BrN2O. The highest BCUT2D eigenvalue weighted by Crippen LogP contribution is 2.23. The molecule has 1 aromatic rings. The first-order valence-electron chi connectivity index (χ1n) is 5.87. The van der Waals surface area contributed by atoms with Crippen LogP contribution in [0.15, 0.2) is 22.7 Å². The Morgan fingerprint density at radius 1 is 1.53 bits per heavy atom. The smallest absolute Gasteiger partial charge is 0.241 e. The Hall–Kier alpha value is -0.870. The van der Waals surface area contributed by atoms with Crippen LogP contribution in [0, 0.1) is 6.92 Å². The van der Waals surface area contributed by atoms with Gasteiger partial charge in [-0.2, -0.15) is 0 Å². The maximum Gasteiger partial charge on any atom is 0.241 e. The highest BCUT2D eigenvalue weighted by molar-refractivity contribution is 9.10. The summed E-state index contributed by atoms with van der Waals surface area (Å²) in [6.45, 7) is 4.09. The van der Waals surface area contributed by atoms with Gasteiger partial charge in [-0.3, -0.25) is 4.79 Å². The van der Waals surface area contributed by atoms with Crippen LogP contribution >= 0.6 is 15.9 Å². The molecular weight excluding hydrogens is 280 g/mol. The van der Waals surface area contributed by atoms with E-state index in [0.717, 1.165) is 35.0 Å². The highest BCUT2D eigenvalue weighted by atomic mass is 79.9. The van der Waals surface area contributed by atoms with Crippen molar-refractivity contribution in [3.05, 3.63) is 28.2 Å². The molecule has 4 heteroatoms. The average molecular weight is 299 g/mol. The second-order valence-electron chi connectivity index (χ2n) is 4.22. The van der Waals surface area contributed by atoms with Crippen LogP contribution in [0.2, 0.25) is 0 Å². The number of benzene rings is 1. The number of aryl methyl sites for hydroxylation is 1. The number of nitrogens with two attached hydrogens (primary N) is 1. The van der Waals surface area contributed by atoms with Crippen LogP contribution in [0.25, 0.3) is 0 Å². The summed E-state index contributed by atoms with van der Waals surface area (Å²) in [6.07, 6.45) is 2.75. The zero-order valence-corrected chi connectivity index (χ0v) is 11.9. The molecule has 1 atom stereocenters. The molecule has 17 heavy (non-hydrogen) atoms. The van der Waals surface area contributed by atoms with Crippen LogP contribution in [-0.4, -0.2) is 11.9 Å². The lowest BCUT2D eigenvalue weighted by Gasteiger charge is -2.13. The molecule has 0 saturated heterocycles. The van der Waals surface area contributed by atoms with E-state index >= 15 is 0 Å². The molecule has 0 bridgehead atoms. The molecule has 0 aliphatic rings. The van der Waals surface area contributed by atoms with E-state index in [1.165, 1.54) is 0 Å². The summed E-state index contributed by atoms with van der Waals surface area (Å²) in [7, 11) is 0. The van der Waals surface area contributed by atoms with Gasteiger partial charge in [-0.1, -0.05) is 25.8 Å². The van der Waals surface area contributed by atoms with Crippen molar-refractivity contribution in [3.8, 4) is 0 Å². The van der Waals surface area contributed by atoms with Gasteiger partial charge in [-0.05, 0) is 47.0 Å². The second-order valence-corrected chi connectivity index (χ2v) is 5.08. The third-order valence-electron chi connectivity index (χ3n) is 2.59. The number of amides is 1. The van der Waals surface area contributed by atoms with Gasteiger partial charge in [0.1, 0.15) is 0 Å². The summed E-state index contributed by atoms with van der Waals surface area (Å²) in [4.78, 5) is 11.8. The lowest BCUT2D eigenvalue weighted by molar-refractivity contribution is -0.117. The number of rotatable bonds is 5. The maximum atomic E-state index is 11.8. The van der Waals surface area contributed by atoms with E-state index in [-0.39, 0.29) is 5.91 Å². The number of carbonyl (C=O) groups is 1. The molecule has 0 heterocycles. The monoisotopic (exact) mass is 298 g/mol. The Labute approximate surface area is 111 Å². The van der Waals surface area contributed by atoms with Crippen molar-refractivity contribution in [2.75, 3.05) is 5.32 Å². The Bertz CT molecular complexity index is 393. The molecule has 1 unspecified atom stereocenters. The Morgan fingerprint density at radius 3 is 2.82 bits per heavy atom. The van der Waals surface area contributed by atoms with E-state index in [9.17, 15) is 4.79 Å². The van der Waals surface area contributed by atoms with Gasteiger partial charge >= 0.3 is 0 Å². The maximum absolute atomic E-state index is 11.8. The number of unbranched alkanes of at least 4 members (excludes halogenated alkanes) is 1. The summed E-state index contributed by atoms with van der Waals surface area (Å²) in [6, 6.07) is 5.37. The van der Waals surface area contributed by atoms with Crippen molar-refractivity contribution in [1.29, 1.82) is 0 Å². The zero-order valence-electron chi connectivity index (χ0n) is 10.3. The topological polar surface area (TPSA) is 55.1 Å². The summed E-state index contributed by atoms with van der Waals surface area (Å²) < 4.78 is 0.883. The van der Waals surface area contributed by atoms with Crippen molar-refractivity contribution in [1.82, 2.24) is 0 Å². The first-order valence-corrected chi connectivity index (χ1v) is 6.66. The fourth-order valence-electron chi connectivity index (χ4n) is 1.50. The van der Waals surface area contributed by atoms with Crippen molar-refractivity contribution >= 4 is 27.5 Å². The van der Waals surface area contributed by atoms with Crippen molar-refractivity contribution in [2.24, 2.45) is 5.73 Å². The molecule has 0 fully saturated rings. The predicted molar refractivity (Wildman–Crippen MR) is 75.0 cm³/mol. The predicted octanol–water partition coefficient (Wildman–Crippen LogP) is 3.21. The number of anilines is 1. The first-order chi connectivity index (χ1) is 8.04. The van der Waals surface area contributed by atoms with Crippen molar-refractivity contribution < 1.29 is 4.79 Å². The molecule has 3 N–H and O–H groups in total. The van der Waals surface area contributed by atoms with Crippen LogP contribution in [0.4, 0.5) is 5.69 Å². The van der Waals surface area contributed by atoms with E-state index in [2.05, 4.69) is 28.2 Å². The van der Waals surface area contributed by atoms with Gasteiger partial charge in [-0.15, -0.1) is 0 Å². The summed E-state index contributed by atoms with van der Waals surface area (Å²) >= 11 is 3.42. The fraction of sp³-hybridized carbons (Fsp3) is 0.462. The molecule has 0 aliphatic heterocycles. The van der Waals surface area contributed by atoms with E-state index in [0.29, 0.717) is 0 Å². The Morgan fingerprint density at radius 2 is 2.24 bits per heavy atom. The van der Waals surface area contributed by atoms with Crippen LogP contribution in [-0.2, 0) is 4.79 Å². The Balaban J connectivity index is 2.61. The van der Waals surface area contributed by atoms with Gasteiger partial charge in [0.25, 0.3) is 0 Å². The zero-order chi connectivity index (χ0) is 12.8. The van der Waals surface area contributed by atoms with Crippen LogP contribution in [0.5, 0.6) is 0 Å². The van der Waals surface area contributed by atoms with Gasteiger partial charge in [0.15, 0.2) is 0 Å². The van der Waals surface area contributed by atoms with E-state index in [4.69, 9.17) is 5.73 Å². The standard InChI is InChI=1S/C13H19BrN2O/c1-3-4-5-11(15)13(17)16-12-7-6-9(2)8-10(12)14/h6-8,11H,3-5,15H2,1-2H3,(H,16,17). The van der Waals surface area contributed by atoms with E-state index < -0.39 is 6.04 Å². The normalized spacial score (nSPS) is 12.2. The van der Waals surface area contributed by atoms with Gasteiger partial charge < -0.3 is 11.1 Å². The molecule has 1 aromatic carbocycles. The number of hydrogen-bond acceptors (Lipinski definition) is 2. The van der Waals surface area contributed by atoms with Gasteiger partial charge in [0.05, 0.1) is 11.7 Å². The third-order valence-corrected chi connectivity index (χ3v) is 3.24. The van der Waals surface area contributed by atoms with Crippen molar-refractivity contribution in [2.45, 2.75) is 39.2 Å². The summed E-state index contributed by atoms with van der Waals surface area (Å²) in [5.74, 6) is -0.122. The van der Waals surface area contributed by atoms with Crippen molar-refractivity contribution in [3.63, 3.8) is 0 Å². The molecule has 1 rings (SSSR count). The minimum Gasteiger partial charge on any atom is -0.324 e.